The Bertz CT molecular complexity index is 839. The van der Waals surface area contributed by atoms with Crippen LogP contribution < -0.4 is 15.2 Å². The van der Waals surface area contributed by atoms with Crippen LogP contribution in [0.4, 0.5) is 0 Å². The molecular weight excluding hydrogens is 352 g/mol. The summed E-state index contributed by atoms with van der Waals surface area (Å²) in [5.74, 6) is 1.88. The molecule has 2 aromatic carbocycles. The van der Waals surface area contributed by atoms with Crippen molar-refractivity contribution in [3.8, 4) is 11.5 Å². The van der Waals surface area contributed by atoms with Gasteiger partial charge in [-0.05, 0) is 37.0 Å². The topological polar surface area (TPSA) is 68.0 Å². The molecule has 0 spiro atoms. The average molecular weight is 383 g/mol. The number of nitrogens with two attached hydrogens (primary N) is 1. The Balaban J connectivity index is 1.63. The Labute approximate surface area is 167 Å². The van der Waals surface area contributed by atoms with Crippen molar-refractivity contribution >= 4 is 0 Å². The quantitative estimate of drug-likeness (QED) is 0.832. The van der Waals surface area contributed by atoms with E-state index in [9.17, 15) is 5.11 Å². The zero-order valence-electron chi connectivity index (χ0n) is 16.7. The van der Waals surface area contributed by atoms with Gasteiger partial charge in [0.05, 0.1) is 13.7 Å². The molecule has 0 amide bonds. The largest absolute Gasteiger partial charge is 0.493 e. The molecule has 0 radical (unpaired) electrons. The number of hydrogen-bond donors (Lipinski definition) is 2. The molecule has 2 aliphatic heterocycles. The highest BCUT2D eigenvalue weighted by Gasteiger charge is 2.39. The number of rotatable bonds is 5. The van der Waals surface area contributed by atoms with Crippen LogP contribution in [0.25, 0.3) is 0 Å². The van der Waals surface area contributed by atoms with E-state index in [1.807, 2.05) is 6.07 Å². The van der Waals surface area contributed by atoms with E-state index in [4.69, 9.17) is 15.2 Å². The van der Waals surface area contributed by atoms with Crippen molar-refractivity contribution in [1.29, 1.82) is 0 Å². The predicted molar refractivity (Wildman–Crippen MR) is 110 cm³/mol. The van der Waals surface area contributed by atoms with E-state index >= 15 is 0 Å². The molecule has 0 aromatic heterocycles. The number of fused-ring (bicyclic) bond motifs is 3. The van der Waals surface area contributed by atoms with Crippen molar-refractivity contribution in [2.75, 3.05) is 33.4 Å². The second kappa shape index (κ2) is 8.11. The number of hydrogen-bond acceptors (Lipinski definition) is 5. The number of piperidine rings is 1. The zero-order chi connectivity index (χ0) is 19.7. The van der Waals surface area contributed by atoms with Crippen molar-refractivity contribution in [2.45, 2.75) is 37.8 Å². The number of benzene rings is 2. The molecule has 5 heteroatoms. The smallest absolute Gasteiger partial charge is 0.164 e. The molecule has 2 aliphatic rings. The van der Waals surface area contributed by atoms with Crippen molar-refractivity contribution in [3.05, 3.63) is 58.7 Å². The van der Waals surface area contributed by atoms with Gasteiger partial charge in [-0.25, -0.2) is 0 Å². The Morgan fingerprint density at radius 2 is 2.11 bits per heavy atom. The minimum atomic E-state index is -0.00851. The summed E-state index contributed by atoms with van der Waals surface area (Å²) in [6.07, 6.45) is 1.84. The van der Waals surface area contributed by atoms with Gasteiger partial charge in [-0.2, -0.15) is 0 Å². The fourth-order valence-corrected chi connectivity index (χ4v) is 4.82. The number of aliphatic hydroxyl groups is 1. The summed E-state index contributed by atoms with van der Waals surface area (Å²) in [7, 11) is 1.66. The highest BCUT2D eigenvalue weighted by molar-refractivity contribution is 5.53. The summed E-state index contributed by atoms with van der Waals surface area (Å²) in [4.78, 5) is 2.57. The van der Waals surface area contributed by atoms with Crippen molar-refractivity contribution < 1.29 is 14.6 Å². The van der Waals surface area contributed by atoms with E-state index in [0.717, 1.165) is 37.4 Å². The second-order valence-electron chi connectivity index (χ2n) is 7.92. The van der Waals surface area contributed by atoms with Gasteiger partial charge in [0.2, 0.25) is 0 Å². The van der Waals surface area contributed by atoms with Crippen LogP contribution in [0, 0.1) is 6.92 Å². The number of aryl methyl sites for hydroxylation is 1. The van der Waals surface area contributed by atoms with Crippen LogP contribution in [0.2, 0.25) is 0 Å². The summed E-state index contributed by atoms with van der Waals surface area (Å²) in [5.41, 5.74) is 11.8. The summed E-state index contributed by atoms with van der Waals surface area (Å²) in [6.45, 7) is 4.36. The summed E-state index contributed by atoms with van der Waals surface area (Å²) in [6, 6.07) is 13.3. The molecule has 4 rings (SSSR count). The lowest BCUT2D eigenvalue weighted by Gasteiger charge is -2.46. The first-order chi connectivity index (χ1) is 13.6. The first kappa shape index (κ1) is 19.2. The Morgan fingerprint density at radius 3 is 2.86 bits per heavy atom. The molecule has 1 fully saturated rings. The van der Waals surface area contributed by atoms with Gasteiger partial charge in [-0.3, -0.25) is 4.90 Å². The lowest BCUT2D eigenvalue weighted by atomic mass is 9.78. The third kappa shape index (κ3) is 3.50. The summed E-state index contributed by atoms with van der Waals surface area (Å²) >= 11 is 0. The standard InChI is InChI=1S/C23H30N2O3/c1-15-4-3-5-16(12-15)19-14-25-9-8-18-17(21(25)13-20(19)24)6-7-22(27-2)23(18)28-11-10-26/h3-7,12,19-21,26H,8-11,13-14,24H2,1-2H3/t19-,20+,21+/m1/s1. The van der Waals surface area contributed by atoms with Crippen LogP contribution in [0.5, 0.6) is 11.5 Å². The third-order valence-corrected chi connectivity index (χ3v) is 6.18. The molecule has 2 heterocycles. The molecule has 150 valence electrons. The third-order valence-electron chi connectivity index (χ3n) is 6.18. The maximum absolute atomic E-state index is 9.18. The maximum atomic E-state index is 9.18. The fraction of sp³-hybridized carbons (Fsp3) is 0.478. The lowest BCUT2D eigenvalue weighted by Crippen LogP contribution is -2.49. The molecule has 0 unspecified atom stereocenters. The highest BCUT2D eigenvalue weighted by atomic mass is 16.5. The minimum Gasteiger partial charge on any atom is -0.493 e. The van der Waals surface area contributed by atoms with Gasteiger partial charge in [0.25, 0.3) is 0 Å². The molecule has 1 saturated heterocycles. The second-order valence-corrected chi connectivity index (χ2v) is 7.92. The van der Waals surface area contributed by atoms with Crippen LogP contribution in [0.3, 0.4) is 0 Å². The fourth-order valence-electron chi connectivity index (χ4n) is 4.82. The number of ether oxygens (including phenoxy) is 2. The monoisotopic (exact) mass is 382 g/mol. The van der Waals surface area contributed by atoms with Crippen molar-refractivity contribution in [2.24, 2.45) is 5.73 Å². The van der Waals surface area contributed by atoms with E-state index in [2.05, 4.69) is 42.2 Å². The van der Waals surface area contributed by atoms with Gasteiger partial charge in [-0.15, -0.1) is 0 Å². The Kier molecular flexibility index (Phi) is 5.58. The average Bonchev–Trinajstić information content (AvgIpc) is 2.71. The van der Waals surface area contributed by atoms with E-state index < -0.39 is 0 Å². The van der Waals surface area contributed by atoms with Crippen LogP contribution >= 0.6 is 0 Å². The minimum absolute atomic E-state index is 0.00851. The van der Waals surface area contributed by atoms with Crippen molar-refractivity contribution in [1.82, 2.24) is 4.90 Å². The van der Waals surface area contributed by atoms with E-state index in [1.165, 1.54) is 22.3 Å². The zero-order valence-corrected chi connectivity index (χ0v) is 16.7. The molecule has 2 aromatic rings. The van der Waals surface area contributed by atoms with Crippen LogP contribution in [0.1, 0.15) is 40.6 Å². The number of methoxy groups -OCH3 is 1. The van der Waals surface area contributed by atoms with Gasteiger partial charge in [-0.1, -0.05) is 35.9 Å². The summed E-state index contributed by atoms with van der Waals surface area (Å²) < 4.78 is 11.4. The SMILES string of the molecule is COc1ccc2c(c1OCCO)CCN1C[C@H](c3cccc(C)c3)[C@@H](N)C[C@@H]21. The van der Waals surface area contributed by atoms with Gasteiger partial charge in [0.1, 0.15) is 6.61 Å². The molecule has 3 N–H and O–H groups in total. The molecule has 0 saturated carbocycles. The number of aliphatic hydroxyl groups excluding tert-OH is 1. The molecule has 28 heavy (non-hydrogen) atoms. The van der Waals surface area contributed by atoms with Crippen LogP contribution in [-0.4, -0.2) is 49.5 Å². The van der Waals surface area contributed by atoms with Gasteiger partial charge >= 0.3 is 0 Å². The van der Waals surface area contributed by atoms with Gasteiger partial charge in [0, 0.05) is 36.7 Å². The molecule has 3 atom stereocenters. The maximum Gasteiger partial charge on any atom is 0.164 e. The molecule has 0 bridgehead atoms. The van der Waals surface area contributed by atoms with Crippen LogP contribution in [-0.2, 0) is 6.42 Å². The van der Waals surface area contributed by atoms with E-state index in [1.54, 1.807) is 7.11 Å². The number of nitrogens with zero attached hydrogens (tertiary/aromatic N) is 1. The van der Waals surface area contributed by atoms with E-state index in [0.29, 0.717) is 12.0 Å². The molecule has 5 nitrogen and oxygen atoms in total. The lowest BCUT2D eigenvalue weighted by molar-refractivity contribution is 0.108. The van der Waals surface area contributed by atoms with Gasteiger partial charge < -0.3 is 20.3 Å². The molecular formula is C23H30N2O3. The highest BCUT2D eigenvalue weighted by Crippen LogP contribution is 2.45. The first-order valence-electron chi connectivity index (χ1n) is 10.1. The van der Waals surface area contributed by atoms with Crippen LogP contribution in [0.15, 0.2) is 36.4 Å². The Hall–Kier alpha value is -2.08. The van der Waals surface area contributed by atoms with E-state index in [-0.39, 0.29) is 19.3 Å². The normalized spacial score (nSPS) is 24.4. The molecule has 0 aliphatic carbocycles. The van der Waals surface area contributed by atoms with Crippen molar-refractivity contribution in [3.63, 3.8) is 0 Å². The van der Waals surface area contributed by atoms with Gasteiger partial charge in [0.15, 0.2) is 11.5 Å². The summed E-state index contributed by atoms with van der Waals surface area (Å²) in [5, 5.41) is 9.18. The first-order valence-corrected chi connectivity index (χ1v) is 10.1. The Morgan fingerprint density at radius 1 is 1.25 bits per heavy atom. The predicted octanol–water partition coefficient (Wildman–Crippen LogP) is 2.79.